The number of nitro benzene ring substituents is 1. The third-order valence-corrected chi connectivity index (χ3v) is 6.80. The number of esters is 1. The minimum atomic E-state index is -4.10. The molecule has 0 radical (unpaired) electrons. The van der Waals surface area contributed by atoms with Gasteiger partial charge in [-0.15, -0.1) is 0 Å². The van der Waals surface area contributed by atoms with E-state index in [-0.39, 0.29) is 23.3 Å². The molecule has 2 aromatic rings. The highest BCUT2D eigenvalue weighted by atomic mass is 31.2. The summed E-state index contributed by atoms with van der Waals surface area (Å²) in [6.07, 6.45) is 3.44. The smallest absolute Gasteiger partial charge is 0.461 e. The molecule has 0 amide bonds. The van der Waals surface area contributed by atoms with E-state index in [4.69, 9.17) is 13.8 Å². The highest BCUT2D eigenvalue weighted by molar-refractivity contribution is 7.52. The van der Waals surface area contributed by atoms with Crippen LogP contribution in [0.1, 0.15) is 39.5 Å². The summed E-state index contributed by atoms with van der Waals surface area (Å²) in [5.41, 5.74) is -0.136. The van der Waals surface area contributed by atoms with Gasteiger partial charge in [-0.05, 0) is 62.8 Å². The first-order valence-electron chi connectivity index (χ1n) is 10.5. The third-order valence-electron chi connectivity index (χ3n) is 5.19. The van der Waals surface area contributed by atoms with Crippen molar-refractivity contribution in [3.63, 3.8) is 0 Å². The SMILES string of the molecule is CC1CCC(OC(=O)C(C)NP(=O)(Oc2ccccc2)Oc2ccc([N+](=O)[O-])cc2)CC1. The predicted octanol–water partition coefficient (Wildman–Crippen LogP) is 5.26. The molecule has 1 aliphatic carbocycles. The molecule has 0 saturated heterocycles. The van der Waals surface area contributed by atoms with Gasteiger partial charge in [0.1, 0.15) is 23.6 Å². The van der Waals surface area contributed by atoms with Gasteiger partial charge in [0.15, 0.2) is 0 Å². The summed E-state index contributed by atoms with van der Waals surface area (Å²) in [6, 6.07) is 12.5. The van der Waals surface area contributed by atoms with Crippen molar-refractivity contribution in [2.24, 2.45) is 5.92 Å². The lowest BCUT2D eigenvalue weighted by Gasteiger charge is -2.28. The van der Waals surface area contributed by atoms with E-state index in [0.29, 0.717) is 5.92 Å². The Hall–Kier alpha value is -2.90. The number of para-hydroxylation sites is 1. The van der Waals surface area contributed by atoms with Crippen molar-refractivity contribution >= 4 is 19.4 Å². The van der Waals surface area contributed by atoms with Crippen LogP contribution in [0.2, 0.25) is 0 Å². The number of nitro groups is 1. The van der Waals surface area contributed by atoms with Crippen molar-refractivity contribution in [1.82, 2.24) is 5.09 Å². The second-order valence-electron chi connectivity index (χ2n) is 7.91. The Morgan fingerprint density at radius 2 is 1.59 bits per heavy atom. The molecule has 1 saturated carbocycles. The zero-order chi connectivity index (χ0) is 23.1. The molecule has 9 nitrogen and oxygen atoms in total. The van der Waals surface area contributed by atoms with Crippen LogP contribution in [0, 0.1) is 16.0 Å². The third kappa shape index (κ3) is 6.80. The maximum Gasteiger partial charge on any atom is 0.513 e. The molecule has 1 N–H and O–H groups in total. The lowest BCUT2D eigenvalue weighted by atomic mass is 9.89. The van der Waals surface area contributed by atoms with E-state index in [1.807, 2.05) is 0 Å². The largest absolute Gasteiger partial charge is 0.513 e. The van der Waals surface area contributed by atoms with Crippen molar-refractivity contribution in [3.05, 3.63) is 64.7 Å². The predicted molar refractivity (Wildman–Crippen MR) is 119 cm³/mol. The Bertz CT molecular complexity index is 960. The number of rotatable bonds is 9. The molecule has 0 aromatic heterocycles. The Morgan fingerprint density at radius 3 is 2.16 bits per heavy atom. The molecule has 3 rings (SSSR count). The number of carbonyl (C=O) groups is 1. The number of ether oxygens (including phenoxy) is 1. The van der Waals surface area contributed by atoms with E-state index in [1.165, 1.54) is 31.2 Å². The van der Waals surface area contributed by atoms with Crippen molar-refractivity contribution in [1.29, 1.82) is 0 Å². The fourth-order valence-electron chi connectivity index (χ4n) is 3.36. The van der Waals surface area contributed by atoms with E-state index < -0.39 is 24.7 Å². The van der Waals surface area contributed by atoms with Gasteiger partial charge in [-0.25, -0.2) is 4.57 Å². The molecule has 2 aromatic carbocycles. The van der Waals surface area contributed by atoms with Crippen molar-refractivity contribution in [2.45, 2.75) is 51.7 Å². The number of nitrogens with zero attached hydrogens (tertiary/aromatic N) is 1. The first-order chi connectivity index (χ1) is 15.2. The maximum absolute atomic E-state index is 13.5. The minimum Gasteiger partial charge on any atom is -0.461 e. The van der Waals surface area contributed by atoms with Crippen molar-refractivity contribution in [3.8, 4) is 11.5 Å². The molecule has 0 aliphatic heterocycles. The zero-order valence-corrected chi connectivity index (χ0v) is 18.9. The molecule has 10 heteroatoms. The Labute approximate surface area is 186 Å². The second-order valence-corrected chi connectivity index (χ2v) is 9.53. The normalized spacial score (nSPS) is 21.1. The quantitative estimate of drug-likeness (QED) is 0.232. The van der Waals surface area contributed by atoms with Gasteiger partial charge in [-0.3, -0.25) is 14.9 Å². The van der Waals surface area contributed by atoms with Crippen LogP contribution in [0.3, 0.4) is 0 Å². The Morgan fingerprint density at radius 1 is 1.03 bits per heavy atom. The fraction of sp³-hybridized carbons (Fsp3) is 0.409. The van der Waals surface area contributed by atoms with Crippen LogP contribution in [0.4, 0.5) is 5.69 Å². The highest BCUT2D eigenvalue weighted by Crippen LogP contribution is 2.45. The number of hydrogen-bond acceptors (Lipinski definition) is 7. The van der Waals surface area contributed by atoms with Gasteiger partial charge >= 0.3 is 13.7 Å². The van der Waals surface area contributed by atoms with Gasteiger partial charge < -0.3 is 13.8 Å². The summed E-state index contributed by atoms with van der Waals surface area (Å²) in [5.74, 6) is 0.431. The van der Waals surface area contributed by atoms with Crippen LogP contribution in [0.5, 0.6) is 11.5 Å². The fourth-order valence-corrected chi connectivity index (χ4v) is 4.88. The summed E-state index contributed by atoms with van der Waals surface area (Å²) in [7, 11) is -4.10. The molecule has 2 atom stereocenters. The summed E-state index contributed by atoms with van der Waals surface area (Å²) in [5, 5.41) is 13.5. The molecule has 0 heterocycles. The molecule has 172 valence electrons. The van der Waals surface area contributed by atoms with Gasteiger partial charge in [0, 0.05) is 12.1 Å². The lowest BCUT2D eigenvalue weighted by molar-refractivity contribution is -0.384. The first kappa shape index (κ1) is 23.8. The van der Waals surface area contributed by atoms with E-state index in [9.17, 15) is 19.5 Å². The molecular weight excluding hydrogens is 435 g/mol. The standard InChI is InChI=1S/C22H27N2O7P/c1-16-8-12-19(13-9-16)29-22(25)17(2)23-32(28,30-20-6-4-3-5-7-20)31-21-14-10-18(11-15-21)24(26)27/h3-7,10-11,14-17,19H,8-9,12-13H2,1-2H3,(H,23,28). The number of non-ortho nitro benzene ring substituents is 1. The van der Waals surface area contributed by atoms with Crippen molar-refractivity contribution in [2.75, 3.05) is 0 Å². The van der Waals surface area contributed by atoms with E-state index >= 15 is 0 Å². The monoisotopic (exact) mass is 462 g/mol. The van der Waals surface area contributed by atoms with Gasteiger partial charge in [-0.2, -0.15) is 5.09 Å². The minimum absolute atomic E-state index is 0.0872. The second kappa shape index (κ2) is 10.6. The van der Waals surface area contributed by atoms with Crippen LogP contribution in [0.25, 0.3) is 0 Å². The Balaban J connectivity index is 1.71. The lowest BCUT2D eigenvalue weighted by Crippen LogP contribution is -2.38. The number of nitrogens with one attached hydrogen (secondary N) is 1. The zero-order valence-electron chi connectivity index (χ0n) is 18.0. The van der Waals surface area contributed by atoms with E-state index in [1.54, 1.807) is 30.3 Å². The molecule has 1 fully saturated rings. The average Bonchev–Trinajstić information content (AvgIpc) is 2.76. The molecule has 2 unspecified atom stereocenters. The Kier molecular flexibility index (Phi) is 7.88. The van der Waals surface area contributed by atoms with Crippen LogP contribution >= 0.6 is 7.75 Å². The van der Waals surface area contributed by atoms with E-state index in [0.717, 1.165) is 25.7 Å². The first-order valence-corrected chi connectivity index (χ1v) is 12.1. The maximum atomic E-state index is 13.5. The topological polar surface area (TPSA) is 117 Å². The van der Waals surface area contributed by atoms with Crippen LogP contribution in [-0.2, 0) is 14.1 Å². The van der Waals surface area contributed by atoms with E-state index in [2.05, 4.69) is 12.0 Å². The van der Waals surface area contributed by atoms with Crippen LogP contribution < -0.4 is 14.1 Å². The molecular formula is C22H27N2O7P. The average molecular weight is 462 g/mol. The number of benzene rings is 2. The molecule has 0 spiro atoms. The van der Waals surface area contributed by atoms with Crippen molar-refractivity contribution < 1.29 is 28.1 Å². The van der Waals surface area contributed by atoms with Gasteiger partial charge in [0.2, 0.25) is 0 Å². The summed E-state index contributed by atoms with van der Waals surface area (Å²) in [4.78, 5) is 22.9. The van der Waals surface area contributed by atoms with Gasteiger partial charge in [-0.1, -0.05) is 25.1 Å². The molecule has 1 aliphatic rings. The van der Waals surface area contributed by atoms with Crippen LogP contribution in [0.15, 0.2) is 54.6 Å². The number of hydrogen-bond donors (Lipinski definition) is 1. The van der Waals surface area contributed by atoms with Crippen LogP contribution in [-0.4, -0.2) is 23.0 Å². The van der Waals surface area contributed by atoms with Gasteiger partial charge in [0.05, 0.1) is 4.92 Å². The van der Waals surface area contributed by atoms with Gasteiger partial charge in [0.25, 0.3) is 5.69 Å². The highest BCUT2D eigenvalue weighted by Gasteiger charge is 2.35. The number of carbonyl (C=O) groups excluding carboxylic acids is 1. The summed E-state index contributed by atoms with van der Waals surface area (Å²) < 4.78 is 30.3. The molecule has 32 heavy (non-hydrogen) atoms. The summed E-state index contributed by atoms with van der Waals surface area (Å²) in [6.45, 7) is 3.70. The summed E-state index contributed by atoms with van der Waals surface area (Å²) >= 11 is 0. The molecule has 0 bridgehead atoms.